The van der Waals surface area contributed by atoms with Crippen LogP contribution in [0.5, 0.6) is 0 Å². The second-order valence-corrected chi connectivity index (χ2v) is 10.2. The summed E-state index contributed by atoms with van der Waals surface area (Å²) < 4.78 is 13.1. The molecule has 188 valence electrons. The van der Waals surface area contributed by atoms with Gasteiger partial charge in [0.1, 0.15) is 17.5 Å². The number of piperidine rings is 1. The standard InChI is InChI=1S/C28H33FN6S/c1-20-6-5-15-34(17-20)25-16-26(35-18-22-8-2-3-9-23(22)19-35)32-27(31-25)33-28(36)30-14-4-7-21-10-12-24(29)13-11-21/h2-3,8-13,16,20H,4-7,14-15,17-19H2,1H3,(H2,30,31,32,33,36)/t20-/m1/s1. The Balaban J connectivity index is 1.25. The van der Waals surface area contributed by atoms with Gasteiger partial charge in [-0.15, -0.1) is 0 Å². The van der Waals surface area contributed by atoms with Crippen molar-refractivity contribution in [3.8, 4) is 0 Å². The molecule has 2 aliphatic heterocycles. The highest BCUT2D eigenvalue weighted by atomic mass is 32.1. The fraction of sp³-hybridized carbons (Fsp3) is 0.393. The average Bonchev–Trinajstić information content (AvgIpc) is 3.32. The van der Waals surface area contributed by atoms with Crippen LogP contribution in [-0.4, -0.2) is 34.7 Å². The van der Waals surface area contributed by atoms with Gasteiger partial charge in [-0.1, -0.05) is 43.3 Å². The van der Waals surface area contributed by atoms with Gasteiger partial charge < -0.3 is 20.4 Å². The molecule has 0 amide bonds. The minimum atomic E-state index is -0.208. The molecule has 0 saturated carbocycles. The van der Waals surface area contributed by atoms with Crippen LogP contribution in [0.3, 0.4) is 0 Å². The molecule has 3 heterocycles. The van der Waals surface area contributed by atoms with Crippen LogP contribution in [0, 0.1) is 11.7 Å². The van der Waals surface area contributed by atoms with Gasteiger partial charge >= 0.3 is 0 Å². The van der Waals surface area contributed by atoms with Crippen molar-refractivity contribution < 1.29 is 4.39 Å². The van der Waals surface area contributed by atoms with E-state index in [1.807, 2.05) is 12.1 Å². The molecule has 0 unspecified atom stereocenters. The molecule has 1 saturated heterocycles. The summed E-state index contributed by atoms with van der Waals surface area (Å²) in [6, 6.07) is 17.3. The zero-order valence-corrected chi connectivity index (χ0v) is 21.5. The molecule has 6 nitrogen and oxygen atoms in total. The Kier molecular flexibility index (Phi) is 7.60. The van der Waals surface area contributed by atoms with Crippen LogP contribution in [0.25, 0.3) is 0 Å². The van der Waals surface area contributed by atoms with Gasteiger partial charge in [0.05, 0.1) is 0 Å². The van der Waals surface area contributed by atoms with Crippen molar-refractivity contribution >= 4 is 34.9 Å². The number of hydrogen-bond acceptors (Lipinski definition) is 5. The Bertz CT molecular complexity index is 1180. The molecule has 8 heteroatoms. The van der Waals surface area contributed by atoms with Gasteiger partial charge in [0.2, 0.25) is 5.95 Å². The van der Waals surface area contributed by atoms with Crippen molar-refractivity contribution in [1.29, 1.82) is 0 Å². The van der Waals surface area contributed by atoms with Crippen LogP contribution in [0.15, 0.2) is 54.6 Å². The third-order valence-electron chi connectivity index (χ3n) is 6.91. The molecule has 0 aliphatic carbocycles. The number of thiocarbonyl (C=S) groups is 1. The van der Waals surface area contributed by atoms with E-state index in [1.54, 1.807) is 0 Å². The fourth-order valence-electron chi connectivity index (χ4n) is 4.99. The van der Waals surface area contributed by atoms with Gasteiger partial charge in [-0.25, -0.2) is 4.39 Å². The monoisotopic (exact) mass is 504 g/mol. The maximum atomic E-state index is 13.1. The van der Waals surface area contributed by atoms with Crippen LogP contribution >= 0.6 is 12.2 Å². The number of hydrogen-bond donors (Lipinski definition) is 2. The van der Waals surface area contributed by atoms with E-state index in [0.29, 0.717) is 23.5 Å². The molecule has 1 atom stereocenters. The highest BCUT2D eigenvalue weighted by Crippen LogP contribution is 2.31. The first-order valence-electron chi connectivity index (χ1n) is 12.8. The van der Waals surface area contributed by atoms with Gasteiger partial charge in [0, 0.05) is 38.8 Å². The molecule has 0 radical (unpaired) electrons. The van der Waals surface area contributed by atoms with E-state index < -0.39 is 0 Å². The zero-order chi connectivity index (χ0) is 24.9. The highest BCUT2D eigenvalue weighted by Gasteiger charge is 2.24. The SMILES string of the molecule is C[C@@H]1CCCN(c2cc(N3Cc4ccccc4C3)nc(NC(=S)NCCCc3ccc(F)cc3)n2)C1. The van der Waals surface area contributed by atoms with Crippen LogP contribution < -0.4 is 20.4 Å². The molecule has 5 rings (SSSR count). The Morgan fingerprint density at radius 1 is 1.03 bits per heavy atom. The van der Waals surface area contributed by atoms with E-state index in [4.69, 9.17) is 22.2 Å². The first kappa shape index (κ1) is 24.4. The number of anilines is 3. The summed E-state index contributed by atoms with van der Waals surface area (Å²) in [6.07, 6.45) is 4.17. The van der Waals surface area contributed by atoms with Crippen LogP contribution in [-0.2, 0) is 19.5 Å². The Morgan fingerprint density at radius 2 is 1.72 bits per heavy atom. The molecular weight excluding hydrogens is 471 g/mol. The maximum absolute atomic E-state index is 13.1. The summed E-state index contributed by atoms with van der Waals surface area (Å²) >= 11 is 5.56. The number of fused-ring (bicyclic) bond motifs is 1. The lowest BCUT2D eigenvalue weighted by Crippen LogP contribution is -2.35. The number of benzene rings is 2. The lowest BCUT2D eigenvalue weighted by atomic mass is 10.0. The molecule has 0 bridgehead atoms. The first-order chi connectivity index (χ1) is 17.5. The van der Waals surface area contributed by atoms with Crippen molar-refractivity contribution in [2.45, 2.75) is 45.7 Å². The number of aromatic nitrogens is 2. The largest absolute Gasteiger partial charge is 0.362 e. The third-order valence-corrected chi connectivity index (χ3v) is 7.16. The van der Waals surface area contributed by atoms with Crippen LogP contribution in [0.2, 0.25) is 0 Å². The molecule has 36 heavy (non-hydrogen) atoms. The molecule has 3 aromatic rings. The van der Waals surface area contributed by atoms with Crippen molar-refractivity contribution in [3.63, 3.8) is 0 Å². The molecule has 2 aliphatic rings. The molecule has 2 aromatic carbocycles. The average molecular weight is 505 g/mol. The molecule has 0 spiro atoms. The van der Waals surface area contributed by atoms with Gasteiger partial charge in [-0.05, 0) is 72.6 Å². The quantitative estimate of drug-likeness (QED) is 0.335. The zero-order valence-electron chi connectivity index (χ0n) is 20.7. The summed E-state index contributed by atoms with van der Waals surface area (Å²) in [5.74, 6) is 2.82. The molecule has 2 N–H and O–H groups in total. The normalized spacial score (nSPS) is 17.1. The summed E-state index contributed by atoms with van der Waals surface area (Å²) in [4.78, 5) is 14.4. The first-order valence-corrected chi connectivity index (χ1v) is 13.2. The van der Waals surface area contributed by atoms with E-state index in [9.17, 15) is 4.39 Å². The molecule has 1 fully saturated rings. The van der Waals surface area contributed by atoms with E-state index in [2.05, 4.69) is 57.7 Å². The van der Waals surface area contributed by atoms with Gasteiger partial charge in [-0.3, -0.25) is 0 Å². The smallest absolute Gasteiger partial charge is 0.232 e. The minimum Gasteiger partial charge on any atom is -0.362 e. The van der Waals surface area contributed by atoms with Crippen molar-refractivity contribution in [2.75, 3.05) is 34.8 Å². The number of aryl methyl sites for hydroxylation is 1. The van der Waals surface area contributed by atoms with E-state index in [-0.39, 0.29) is 5.82 Å². The van der Waals surface area contributed by atoms with E-state index in [1.165, 1.54) is 36.1 Å². The predicted molar refractivity (Wildman–Crippen MR) is 148 cm³/mol. The molecule has 1 aromatic heterocycles. The van der Waals surface area contributed by atoms with Gasteiger partial charge in [-0.2, -0.15) is 9.97 Å². The Morgan fingerprint density at radius 3 is 2.42 bits per heavy atom. The fourth-order valence-corrected chi connectivity index (χ4v) is 5.18. The minimum absolute atomic E-state index is 0.208. The summed E-state index contributed by atoms with van der Waals surface area (Å²) in [7, 11) is 0. The number of halogens is 1. The Hall–Kier alpha value is -3.26. The summed E-state index contributed by atoms with van der Waals surface area (Å²) in [5.41, 5.74) is 3.80. The van der Waals surface area contributed by atoms with E-state index >= 15 is 0 Å². The molecular formula is C28H33FN6S. The maximum Gasteiger partial charge on any atom is 0.232 e. The second-order valence-electron chi connectivity index (χ2n) is 9.84. The summed E-state index contributed by atoms with van der Waals surface area (Å²) in [6.45, 7) is 6.70. The van der Waals surface area contributed by atoms with Crippen molar-refractivity contribution in [1.82, 2.24) is 15.3 Å². The Labute approximate surface area is 217 Å². The third kappa shape index (κ3) is 6.10. The highest BCUT2D eigenvalue weighted by molar-refractivity contribution is 7.80. The van der Waals surface area contributed by atoms with Gasteiger partial charge in [0.25, 0.3) is 0 Å². The van der Waals surface area contributed by atoms with Crippen LogP contribution in [0.4, 0.5) is 22.0 Å². The number of nitrogens with one attached hydrogen (secondary N) is 2. The predicted octanol–water partition coefficient (Wildman–Crippen LogP) is 5.29. The van der Waals surface area contributed by atoms with Gasteiger partial charge in [0.15, 0.2) is 5.11 Å². The topological polar surface area (TPSA) is 56.3 Å². The van der Waals surface area contributed by atoms with Crippen LogP contribution in [0.1, 0.15) is 42.9 Å². The van der Waals surface area contributed by atoms with Crippen molar-refractivity contribution in [3.05, 3.63) is 77.1 Å². The lowest BCUT2D eigenvalue weighted by molar-refractivity contribution is 0.444. The van der Waals surface area contributed by atoms with E-state index in [0.717, 1.165) is 56.2 Å². The van der Waals surface area contributed by atoms with Crippen molar-refractivity contribution in [2.24, 2.45) is 5.92 Å². The number of nitrogens with zero attached hydrogens (tertiary/aromatic N) is 4. The number of rotatable bonds is 7. The lowest BCUT2D eigenvalue weighted by Gasteiger charge is -2.32. The summed E-state index contributed by atoms with van der Waals surface area (Å²) in [5, 5.41) is 6.99. The second kappa shape index (κ2) is 11.2.